The maximum Gasteiger partial charge on any atom is 0.258 e. The van der Waals surface area contributed by atoms with E-state index in [1.165, 1.54) is 0 Å². The molecule has 2 N–H and O–H groups in total. The van der Waals surface area contributed by atoms with Gasteiger partial charge in [-0.25, -0.2) is 0 Å². The SMILES string of the molecule is NC1(c2noc(C3COCCO3)n2)CCCC1. The summed E-state index contributed by atoms with van der Waals surface area (Å²) < 4.78 is 16.1. The van der Waals surface area contributed by atoms with Crippen LogP contribution in [0.5, 0.6) is 0 Å². The van der Waals surface area contributed by atoms with Gasteiger partial charge in [0.05, 0.1) is 25.4 Å². The molecule has 1 aliphatic carbocycles. The first-order chi connectivity index (χ1) is 8.28. The Bertz CT molecular complexity index is 381. The summed E-state index contributed by atoms with van der Waals surface area (Å²) >= 11 is 0. The summed E-state index contributed by atoms with van der Waals surface area (Å²) in [6, 6.07) is 0. The maximum atomic E-state index is 6.27. The van der Waals surface area contributed by atoms with E-state index in [9.17, 15) is 0 Å². The van der Waals surface area contributed by atoms with E-state index in [1.54, 1.807) is 0 Å². The zero-order chi connectivity index (χ0) is 11.7. The fraction of sp³-hybridized carbons (Fsp3) is 0.818. The zero-order valence-corrected chi connectivity index (χ0v) is 9.72. The average molecular weight is 239 g/mol. The van der Waals surface area contributed by atoms with Crippen LogP contribution < -0.4 is 5.73 Å². The molecule has 0 bridgehead atoms. The zero-order valence-electron chi connectivity index (χ0n) is 9.72. The molecule has 94 valence electrons. The van der Waals surface area contributed by atoms with E-state index in [-0.39, 0.29) is 6.10 Å². The molecule has 0 amide bonds. The maximum absolute atomic E-state index is 6.27. The third-order valence-electron chi connectivity index (χ3n) is 3.47. The quantitative estimate of drug-likeness (QED) is 0.825. The molecular weight excluding hydrogens is 222 g/mol. The van der Waals surface area contributed by atoms with Crippen molar-refractivity contribution in [3.63, 3.8) is 0 Å². The highest BCUT2D eigenvalue weighted by atomic mass is 16.6. The standard InChI is InChI=1S/C11H17N3O3/c12-11(3-1-2-4-11)10-13-9(17-14-10)8-7-15-5-6-16-8/h8H,1-7,12H2. The van der Waals surface area contributed by atoms with Gasteiger partial charge in [0.15, 0.2) is 11.9 Å². The van der Waals surface area contributed by atoms with Crippen molar-refractivity contribution in [2.75, 3.05) is 19.8 Å². The average Bonchev–Trinajstić information content (AvgIpc) is 2.99. The summed E-state index contributed by atoms with van der Waals surface area (Å²) in [5, 5.41) is 4.00. The van der Waals surface area contributed by atoms with E-state index < -0.39 is 5.54 Å². The van der Waals surface area contributed by atoms with Crippen molar-refractivity contribution in [2.45, 2.75) is 37.3 Å². The number of hydrogen-bond donors (Lipinski definition) is 1. The summed E-state index contributed by atoms with van der Waals surface area (Å²) in [6.07, 6.45) is 3.87. The molecule has 1 aromatic rings. The van der Waals surface area contributed by atoms with Gasteiger partial charge >= 0.3 is 0 Å². The van der Waals surface area contributed by atoms with Crippen LogP contribution in [0.15, 0.2) is 4.52 Å². The monoisotopic (exact) mass is 239 g/mol. The minimum Gasteiger partial charge on any atom is -0.376 e. The van der Waals surface area contributed by atoms with Crippen LogP contribution in [-0.2, 0) is 15.0 Å². The van der Waals surface area contributed by atoms with Gasteiger partial charge in [-0.3, -0.25) is 0 Å². The van der Waals surface area contributed by atoms with Crippen LogP contribution in [0.3, 0.4) is 0 Å². The van der Waals surface area contributed by atoms with Crippen molar-refractivity contribution in [1.82, 2.24) is 10.1 Å². The lowest BCUT2D eigenvalue weighted by molar-refractivity contribution is -0.101. The smallest absolute Gasteiger partial charge is 0.258 e. The van der Waals surface area contributed by atoms with E-state index in [0.29, 0.717) is 31.5 Å². The van der Waals surface area contributed by atoms with Crippen LogP contribution in [-0.4, -0.2) is 30.0 Å². The van der Waals surface area contributed by atoms with Gasteiger partial charge in [-0.05, 0) is 12.8 Å². The fourth-order valence-corrected chi connectivity index (χ4v) is 2.43. The normalized spacial score (nSPS) is 28.4. The van der Waals surface area contributed by atoms with Gasteiger partial charge in [0.2, 0.25) is 0 Å². The van der Waals surface area contributed by atoms with E-state index in [2.05, 4.69) is 10.1 Å². The largest absolute Gasteiger partial charge is 0.376 e. The number of nitrogens with two attached hydrogens (primary N) is 1. The third-order valence-corrected chi connectivity index (χ3v) is 3.47. The van der Waals surface area contributed by atoms with Gasteiger partial charge in [-0.1, -0.05) is 18.0 Å². The first kappa shape index (κ1) is 11.1. The molecule has 2 aliphatic rings. The molecule has 1 saturated heterocycles. The highest BCUT2D eigenvalue weighted by molar-refractivity contribution is 5.07. The van der Waals surface area contributed by atoms with Crippen molar-refractivity contribution < 1.29 is 14.0 Å². The lowest BCUT2D eigenvalue weighted by Gasteiger charge is -2.20. The third kappa shape index (κ3) is 2.08. The lowest BCUT2D eigenvalue weighted by atomic mass is 9.99. The van der Waals surface area contributed by atoms with Crippen molar-refractivity contribution >= 4 is 0 Å². The molecule has 0 radical (unpaired) electrons. The molecule has 1 unspecified atom stereocenters. The molecule has 17 heavy (non-hydrogen) atoms. The highest BCUT2D eigenvalue weighted by Gasteiger charge is 2.37. The van der Waals surface area contributed by atoms with Gasteiger partial charge in [0.25, 0.3) is 5.89 Å². The summed E-state index contributed by atoms with van der Waals surface area (Å²) in [5.74, 6) is 1.09. The highest BCUT2D eigenvalue weighted by Crippen LogP contribution is 2.35. The van der Waals surface area contributed by atoms with Gasteiger partial charge in [-0.15, -0.1) is 0 Å². The van der Waals surface area contributed by atoms with Crippen LogP contribution in [0.4, 0.5) is 0 Å². The second-order valence-electron chi connectivity index (χ2n) is 4.75. The van der Waals surface area contributed by atoms with Gasteiger partial charge in [0.1, 0.15) is 0 Å². The van der Waals surface area contributed by atoms with Gasteiger partial charge < -0.3 is 19.7 Å². The summed E-state index contributed by atoms with van der Waals surface area (Å²) in [5.41, 5.74) is 5.86. The number of hydrogen-bond acceptors (Lipinski definition) is 6. The van der Waals surface area contributed by atoms with Gasteiger partial charge in [-0.2, -0.15) is 4.98 Å². The second kappa shape index (κ2) is 4.36. The van der Waals surface area contributed by atoms with Gasteiger partial charge in [0, 0.05) is 0 Å². The first-order valence-electron chi connectivity index (χ1n) is 6.10. The molecule has 3 rings (SSSR count). The molecule has 2 heterocycles. The Labute approximate surface area is 99.5 Å². The predicted octanol–water partition coefficient (Wildman–Crippen LogP) is 0.885. The Balaban J connectivity index is 1.77. The minimum absolute atomic E-state index is 0.241. The Morgan fingerprint density at radius 3 is 2.76 bits per heavy atom. The number of ether oxygens (including phenoxy) is 2. The van der Waals surface area contributed by atoms with Crippen molar-refractivity contribution in [3.05, 3.63) is 11.7 Å². The molecule has 6 heteroatoms. The number of aromatic nitrogens is 2. The first-order valence-corrected chi connectivity index (χ1v) is 6.10. The number of nitrogens with zero attached hydrogens (tertiary/aromatic N) is 2. The Morgan fingerprint density at radius 2 is 2.06 bits per heavy atom. The molecule has 0 aromatic carbocycles. The van der Waals surface area contributed by atoms with E-state index >= 15 is 0 Å². The Morgan fingerprint density at radius 1 is 1.24 bits per heavy atom. The molecule has 1 saturated carbocycles. The molecule has 1 aromatic heterocycles. The second-order valence-corrected chi connectivity index (χ2v) is 4.75. The van der Waals surface area contributed by atoms with Crippen molar-refractivity contribution in [1.29, 1.82) is 0 Å². The van der Waals surface area contributed by atoms with E-state index in [4.69, 9.17) is 19.7 Å². The van der Waals surface area contributed by atoms with Crippen LogP contribution in [0, 0.1) is 0 Å². The van der Waals surface area contributed by atoms with Crippen LogP contribution >= 0.6 is 0 Å². The lowest BCUT2D eigenvalue weighted by Crippen LogP contribution is -2.34. The molecule has 1 atom stereocenters. The minimum atomic E-state index is -0.405. The molecule has 2 fully saturated rings. The van der Waals surface area contributed by atoms with E-state index in [1.807, 2.05) is 0 Å². The van der Waals surface area contributed by atoms with Crippen LogP contribution in [0.2, 0.25) is 0 Å². The molecule has 1 aliphatic heterocycles. The van der Waals surface area contributed by atoms with Crippen molar-refractivity contribution in [3.8, 4) is 0 Å². The number of rotatable bonds is 2. The summed E-state index contributed by atoms with van der Waals surface area (Å²) in [7, 11) is 0. The topological polar surface area (TPSA) is 83.4 Å². The van der Waals surface area contributed by atoms with Crippen LogP contribution in [0.25, 0.3) is 0 Å². The summed E-state index contributed by atoms with van der Waals surface area (Å²) in [4.78, 5) is 4.38. The molecular formula is C11H17N3O3. The fourth-order valence-electron chi connectivity index (χ4n) is 2.43. The molecule has 0 spiro atoms. The van der Waals surface area contributed by atoms with Crippen LogP contribution in [0.1, 0.15) is 43.5 Å². The van der Waals surface area contributed by atoms with E-state index in [0.717, 1.165) is 25.7 Å². The summed E-state index contributed by atoms with van der Waals surface area (Å²) in [6.45, 7) is 1.66. The van der Waals surface area contributed by atoms with Crippen molar-refractivity contribution in [2.24, 2.45) is 5.73 Å². The molecule has 6 nitrogen and oxygen atoms in total. The Hall–Kier alpha value is -0.980. The predicted molar refractivity (Wildman–Crippen MR) is 58.1 cm³/mol. The Kier molecular flexibility index (Phi) is 2.85.